The number of aromatic nitrogens is 2. The van der Waals surface area contributed by atoms with E-state index in [0.717, 1.165) is 5.56 Å². The van der Waals surface area contributed by atoms with E-state index in [1.165, 1.54) is 0 Å². The quantitative estimate of drug-likeness (QED) is 0.788. The van der Waals surface area contributed by atoms with Crippen molar-refractivity contribution < 1.29 is 9.47 Å². The molecule has 0 aliphatic heterocycles. The maximum atomic E-state index is 5.85. The highest BCUT2D eigenvalue weighted by Crippen LogP contribution is 2.22. The third-order valence-corrected chi connectivity index (χ3v) is 2.45. The van der Waals surface area contributed by atoms with Crippen molar-refractivity contribution in [1.82, 2.24) is 9.97 Å². The summed E-state index contributed by atoms with van der Waals surface area (Å²) < 4.78 is 11.0. The smallest absolute Gasteiger partial charge is 0.221 e. The number of anilines is 1. The number of nitrogens with zero attached hydrogens (tertiary/aromatic N) is 2. The second kappa shape index (κ2) is 6.54. The summed E-state index contributed by atoms with van der Waals surface area (Å²) in [6.45, 7) is 10.9. The van der Waals surface area contributed by atoms with Crippen LogP contribution < -0.4 is 10.5 Å². The van der Waals surface area contributed by atoms with Gasteiger partial charge in [-0.25, -0.2) is 4.98 Å². The van der Waals surface area contributed by atoms with Gasteiger partial charge in [0.05, 0.1) is 18.3 Å². The molecule has 0 amide bonds. The summed E-state index contributed by atoms with van der Waals surface area (Å²) in [6.07, 6.45) is 0.205. The average Bonchev–Trinajstić information content (AvgIpc) is 2.28. The summed E-state index contributed by atoms with van der Waals surface area (Å²) in [6, 6.07) is 0. The van der Waals surface area contributed by atoms with Crippen molar-refractivity contribution in [3.8, 4) is 5.88 Å². The molecule has 1 aromatic heterocycles. The lowest BCUT2D eigenvalue weighted by Gasteiger charge is -2.13. The van der Waals surface area contributed by atoms with Gasteiger partial charge in [0.2, 0.25) is 5.88 Å². The van der Waals surface area contributed by atoms with E-state index in [9.17, 15) is 0 Å². The van der Waals surface area contributed by atoms with Gasteiger partial charge in [0.25, 0.3) is 0 Å². The molecule has 0 fully saturated rings. The van der Waals surface area contributed by atoms with Crippen molar-refractivity contribution >= 4 is 5.82 Å². The van der Waals surface area contributed by atoms with E-state index in [1.807, 2.05) is 34.6 Å². The summed E-state index contributed by atoms with van der Waals surface area (Å²) in [5.41, 5.74) is 6.63. The van der Waals surface area contributed by atoms with Crippen molar-refractivity contribution in [3.05, 3.63) is 11.4 Å². The van der Waals surface area contributed by atoms with Crippen LogP contribution in [0.25, 0.3) is 0 Å². The predicted molar refractivity (Wildman–Crippen MR) is 71.9 cm³/mol. The molecule has 18 heavy (non-hydrogen) atoms. The van der Waals surface area contributed by atoms with Gasteiger partial charge in [0.15, 0.2) is 0 Å². The van der Waals surface area contributed by atoms with Gasteiger partial charge >= 0.3 is 0 Å². The standard InChI is InChI=1S/C13H23N3O2/c1-8(2)12-15-11(14)10(5)13(16-12)18-7-6-17-9(3)4/h8-9H,6-7H2,1-5H3,(H2,14,15,16). The maximum absolute atomic E-state index is 5.85. The fourth-order valence-corrected chi connectivity index (χ4v) is 1.35. The van der Waals surface area contributed by atoms with Crippen molar-refractivity contribution in [1.29, 1.82) is 0 Å². The van der Waals surface area contributed by atoms with Crippen LogP contribution in [0.2, 0.25) is 0 Å². The first-order valence-electron chi connectivity index (χ1n) is 6.30. The Hall–Kier alpha value is -1.36. The molecule has 0 atom stereocenters. The van der Waals surface area contributed by atoms with Crippen molar-refractivity contribution in [2.45, 2.75) is 46.6 Å². The molecule has 5 heteroatoms. The first-order chi connectivity index (χ1) is 8.41. The summed E-state index contributed by atoms with van der Waals surface area (Å²) in [5, 5.41) is 0. The first kappa shape index (κ1) is 14.7. The van der Waals surface area contributed by atoms with Crippen LogP contribution in [0, 0.1) is 6.92 Å². The Kier molecular flexibility index (Phi) is 5.34. The molecule has 0 bridgehead atoms. The van der Waals surface area contributed by atoms with Crippen molar-refractivity contribution in [2.24, 2.45) is 0 Å². The monoisotopic (exact) mass is 253 g/mol. The third-order valence-electron chi connectivity index (χ3n) is 2.45. The van der Waals surface area contributed by atoms with Crippen LogP contribution in [0.5, 0.6) is 5.88 Å². The van der Waals surface area contributed by atoms with Gasteiger partial charge < -0.3 is 15.2 Å². The van der Waals surface area contributed by atoms with Gasteiger partial charge in [-0.1, -0.05) is 13.8 Å². The molecular weight excluding hydrogens is 230 g/mol. The van der Waals surface area contributed by atoms with Gasteiger partial charge in [-0.05, 0) is 20.8 Å². The number of nitrogen functional groups attached to an aromatic ring is 1. The van der Waals surface area contributed by atoms with Crippen molar-refractivity contribution in [2.75, 3.05) is 18.9 Å². The highest BCUT2D eigenvalue weighted by Gasteiger charge is 2.12. The zero-order valence-corrected chi connectivity index (χ0v) is 11.9. The Morgan fingerprint density at radius 2 is 1.78 bits per heavy atom. The van der Waals surface area contributed by atoms with E-state index in [1.54, 1.807) is 0 Å². The molecule has 102 valence electrons. The number of ether oxygens (including phenoxy) is 2. The van der Waals surface area contributed by atoms with Crippen LogP contribution in [0.3, 0.4) is 0 Å². The van der Waals surface area contributed by atoms with E-state index in [-0.39, 0.29) is 12.0 Å². The lowest BCUT2D eigenvalue weighted by Crippen LogP contribution is -2.14. The van der Waals surface area contributed by atoms with E-state index < -0.39 is 0 Å². The Bertz CT molecular complexity index is 392. The van der Waals surface area contributed by atoms with E-state index in [0.29, 0.717) is 30.7 Å². The molecule has 0 radical (unpaired) electrons. The SMILES string of the molecule is Cc1c(N)nc(C(C)C)nc1OCCOC(C)C. The van der Waals surface area contributed by atoms with Crippen LogP contribution in [0.15, 0.2) is 0 Å². The van der Waals surface area contributed by atoms with Gasteiger partial charge in [-0.2, -0.15) is 4.98 Å². The zero-order valence-electron chi connectivity index (χ0n) is 11.9. The molecule has 0 saturated heterocycles. The molecule has 0 aliphatic rings. The van der Waals surface area contributed by atoms with Gasteiger partial charge in [0, 0.05) is 5.92 Å². The molecule has 5 nitrogen and oxygen atoms in total. The van der Waals surface area contributed by atoms with Crippen LogP contribution >= 0.6 is 0 Å². The largest absolute Gasteiger partial charge is 0.475 e. The number of hydrogen-bond donors (Lipinski definition) is 1. The molecule has 1 heterocycles. The van der Waals surface area contributed by atoms with Gasteiger partial charge in [0.1, 0.15) is 18.2 Å². The predicted octanol–water partition coefficient (Wildman–Crippen LogP) is 2.29. The summed E-state index contributed by atoms with van der Waals surface area (Å²) >= 11 is 0. The Morgan fingerprint density at radius 1 is 1.11 bits per heavy atom. The minimum absolute atomic E-state index is 0.205. The summed E-state index contributed by atoms with van der Waals surface area (Å²) in [7, 11) is 0. The minimum atomic E-state index is 0.205. The van der Waals surface area contributed by atoms with Crippen LogP contribution in [0.4, 0.5) is 5.82 Å². The Labute approximate surface area is 109 Å². The molecule has 0 unspecified atom stereocenters. The second-order valence-electron chi connectivity index (χ2n) is 4.82. The van der Waals surface area contributed by atoms with Crippen LogP contribution in [0.1, 0.15) is 45.0 Å². The fraction of sp³-hybridized carbons (Fsp3) is 0.692. The second-order valence-corrected chi connectivity index (χ2v) is 4.82. The Morgan fingerprint density at radius 3 is 2.33 bits per heavy atom. The van der Waals surface area contributed by atoms with Gasteiger partial charge in [-0.15, -0.1) is 0 Å². The number of nitrogens with two attached hydrogens (primary N) is 1. The lowest BCUT2D eigenvalue weighted by molar-refractivity contribution is 0.0540. The third kappa shape index (κ3) is 4.14. The number of rotatable bonds is 6. The first-order valence-corrected chi connectivity index (χ1v) is 6.30. The average molecular weight is 253 g/mol. The minimum Gasteiger partial charge on any atom is -0.475 e. The molecular formula is C13H23N3O2. The van der Waals surface area contributed by atoms with Gasteiger partial charge in [-0.3, -0.25) is 0 Å². The highest BCUT2D eigenvalue weighted by molar-refractivity contribution is 5.44. The summed E-state index contributed by atoms with van der Waals surface area (Å²) in [4.78, 5) is 8.63. The molecule has 0 saturated carbocycles. The lowest BCUT2D eigenvalue weighted by atomic mass is 10.2. The molecule has 0 spiro atoms. The molecule has 1 aromatic rings. The van der Waals surface area contributed by atoms with E-state index in [4.69, 9.17) is 15.2 Å². The molecule has 1 rings (SSSR count). The number of hydrogen-bond acceptors (Lipinski definition) is 5. The molecule has 0 aliphatic carbocycles. The maximum Gasteiger partial charge on any atom is 0.221 e. The Balaban J connectivity index is 2.69. The van der Waals surface area contributed by atoms with E-state index in [2.05, 4.69) is 9.97 Å². The van der Waals surface area contributed by atoms with E-state index >= 15 is 0 Å². The highest BCUT2D eigenvalue weighted by atomic mass is 16.5. The topological polar surface area (TPSA) is 70.3 Å². The molecule has 2 N–H and O–H groups in total. The van der Waals surface area contributed by atoms with Crippen LogP contribution in [-0.4, -0.2) is 29.3 Å². The van der Waals surface area contributed by atoms with Crippen molar-refractivity contribution in [3.63, 3.8) is 0 Å². The summed E-state index contributed by atoms with van der Waals surface area (Å²) in [5.74, 6) is 1.96. The normalized spacial score (nSPS) is 11.3. The zero-order chi connectivity index (χ0) is 13.7. The van der Waals surface area contributed by atoms with Crippen LogP contribution in [-0.2, 0) is 4.74 Å². The fourth-order valence-electron chi connectivity index (χ4n) is 1.35. The molecule has 0 aromatic carbocycles.